The monoisotopic (exact) mass is 238 g/mol. The maximum absolute atomic E-state index is 11.0. The lowest BCUT2D eigenvalue weighted by Crippen LogP contribution is -2.38. The second-order valence-corrected chi connectivity index (χ2v) is 3.69. The average Bonchev–Trinajstić information content (AvgIpc) is 2.39. The van der Waals surface area contributed by atoms with Gasteiger partial charge in [0.15, 0.2) is 6.10 Å². The van der Waals surface area contributed by atoms with Gasteiger partial charge < -0.3 is 19.3 Å². The molecule has 5 heteroatoms. The third-order valence-corrected chi connectivity index (χ3v) is 2.64. The number of hydrogen-bond donors (Lipinski definition) is 1. The van der Waals surface area contributed by atoms with E-state index in [1.807, 2.05) is 0 Å². The third-order valence-electron chi connectivity index (χ3n) is 2.64. The van der Waals surface area contributed by atoms with E-state index in [1.54, 1.807) is 31.4 Å². The summed E-state index contributed by atoms with van der Waals surface area (Å²) in [6, 6.07) is 7.11. The third kappa shape index (κ3) is 2.57. The molecule has 1 aromatic rings. The molecule has 2 rings (SSSR count). The van der Waals surface area contributed by atoms with Crippen LogP contribution in [0.2, 0.25) is 0 Å². The van der Waals surface area contributed by atoms with Gasteiger partial charge in [-0.2, -0.15) is 0 Å². The molecule has 0 saturated carbocycles. The molecule has 0 bridgehead atoms. The van der Waals surface area contributed by atoms with Crippen LogP contribution in [0.1, 0.15) is 11.7 Å². The maximum Gasteiger partial charge on any atom is 0.335 e. The van der Waals surface area contributed by atoms with Gasteiger partial charge in [0.25, 0.3) is 0 Å². The average molecular weight is 238 g/mol. The van der Waals surface area contributed by atoms with Gasteiger partial charge in [-0.1, -0.05) is 12.1 Å². The normalized spacial score (nSPS) is 24.3. The van der Waals surface area contributed by atoms with Crippen LogP contribution in [-0.2, 0) is 14.3 Å². The minimum Gasteiger partial charge on any atom is -0.497 e. The molecule has 0 unspecified atom stereocenters. The van der Waals surface area contributed by atoms with Gasteiger partial charge in [-0.05, 0) is 17.7 Å². The predicted molar refractivity (Wildman–Crippen MR) is 59.1 cm³/mol. The molecule has 5 nitrogen and oxygen atoms in total. The number of methoxy groups -OCH3 is 1. The van der Waals surface area contributed by atoms with Gasteiger partial charge in [-0.25, -0.2) is 4.79 Å². The van der Waals surface area contributed by atoms with Crippen LogP contribution >= 0.6 is 0 Å². The van der Waals surface area contributed by atoms with Crippen molar-refractivity contribution in [3.05, 3.63) is 29.8 Å². The number of carboxylic acid groups (broad SMARTS) is 1. The molecule has 1 aliphatic rings. The van der Waals surface area contributed by atoms with Crippen LogP contribution in [0.3, 0.4) is 0 Å². The van der Waals surface area contributed by atoms with E-state index in [2.05, 4.69) is 0 Å². The van der Waals surface area contributed by atoms with Crippen LogP contribution < -0.4 is 4.74 Å². The largest absolute Gasteiger partial charge is 0.497 e. The Hall–Kier alpha value is -1.59. The molecule has 1 saturated heterocycles. The molecule has 2 atom stereocenters. The lowest BCUT2D eigenvalue weighted by molar-refractivity contribution is -0.181. The summed E-state index contributed by atoms with van der Waals surface area (Å²) in [5.74, 6) is -0.289. The highest BCUT2D eigenvalue weighted by Crippen LogP contribution is 2.28. The first kappa shape index (κ1) is 11.9. The first-order chi connectivity index (χ1) is 8.22. The summed E-state index contributed by atoms with van der Waals surface area (Å²) in [7, 11) is 1.58. The fraction of sp³-hybridized carbons (Fsp3) is 0.417. The fourth-order valence-corrected chi connectivity index (χ4v) is 1.79. The summed E-state index contributed by atoms with van der Waals surface area (Å²) < 4.78 is 15.7. The highest BCUT2D eigenvalue weighted by atomic mass is 16.6. The Morgan fingerprint density at radius 1 is 1.29 bits per heavy atom. The molecule has 1 fully saturated rings. The Kier molecular flexibility index (Phi) is 3.61. The van der Waals surface area contributed by atoms with Crippen molar-refractivity contribution < 1.29 is 24.1 Å². The van der Waals surface area contributed by atoms with E-state index in [4.69, 9.17) is 19.3 Å². The summed E-state index contributed by atoms with van der Waals surface area (Å²) in [5.41, 5.74) is 0.776. The molecule has 1 aliphatic heterocycles. The van der Waals surface area contributed by atoms with Crippen molar-refractivity contribution in [2.75, 3.05) is 20.3 Å². The van der Waals surface area contributed by atoms with Gasteiger partial charge in [0, 0.05) is 0 Å². The van der Waals surface area contributed by atoms with Crippen molar-refractivity contribution in [2.24, 2.45) is 0 Å². The van der Waals surface area contributed by atoms with Crippen molar-refractivity contribution in [3.8, 4) is 5.75 Å². The van der Waals surface area contributed by atoms with E-state index in [0.717, 1.165) is 11.3 Å². The van der Waals surface area contributed by atoms with Gasteiger partial charge >= 0.3 is 5.97 Å². The molecule has 1 heterocycles. The standard InChI is InChI=1S/C12H14O5/c1-15-9-4-2-8(3-5-9)10-11(12(13)14)17-7-6-16-10/h2-5,10-11H,6-7H2,1H3,(H,13,14)/t10-,11+/m0/s1. The molecule has 0 spiro atoms. The van der Waals surface area contributed by atoms with Gasteiger partial charge in [0.1, 0.15) is 11.9 Å². The number of hydrogen-bond acceptors (Lipinski definition) is 4. The lowest BCUT2D eigenvalue weighted by Gasteiger charge is -2.29. The minimum absolute atomic E-state index is 0.309. The van der Waals surface area contributed by atoms with E-state index in [9.17, 15) is 4.79 Å². The van der Waals surface area contributed by atoms with Crippen molar-refractivity contribution in [1.29, 1.82) is 0 Å². The Morgan fingerprint density at radius 2 is 1.94 bits per heavy atom. The molecule has 17 heavy (non-hydrogen) atoms. The van der Waals surface area contributed by atoms with Crippen LogP contribution in [0.15, 0.2) is 24.3 Å². The second kappa shape index (κ2) is 5.16. The lowest BCUT2D eigenvalue weighted by atomic mass is 10.0. The SMILES string of the molecule is COc1ccc([C@@H]2OCCO[C@H]2C(=O)O)cc1. The molecule has 0 aromatic heterocycles. The Balaban J connectivity index is 2.20. The van der Waals surface area contributed by atoms with E-state index in [1.165, 1.54) is 0 Å². The zero-order valence-electron chi connectivity index (χ0n) is 9.46. The van der Waals surface area contributed by atoms with Crippen LogP contribution in [0.5, 0.6) is 5.75 Å². The number of benzene rings is 1. The van der Waals surface area contributed by atoms with Crippen molar-refractivity contribution >= 4 is 5.97 Å². The van der Waals surface area contributed by atoms with Gasteiger partial charge in [0.2, 0.25) is 0 Å². The van der Waals surface area contributed by atoms with E-state index in [0.29, 0.717) is 13.2 Å². The number of carboxylic acids is 1. The molecule has 0 radical (unpaired) electrons. The molecule has 1 aromatic carbocycles. The Labute approximate surface area is 98.9 Å². The zero-order chi connectivity index (χ0) is 12.3. The van der Waals surface area contributed by atoms with Crippen LogP contribution in [-0.4, -0.2) is 37.5 Å². The van der Waals surface area contributed by atoms with Crippen LogP contribution in [0, 0.1) is 0 Å². The number of carbonyl (C=O) groups is 1. The smallest absolute Gasteiger partial charge is 0.335 e. The number of aliphatic carboxylic acids is 1. The molecule has 0 amide bonds. The summed E-state index contributed by atoms with van der Waals surface area (Å²) in [4.78, 5) is 11.0. The van der Waals surface area contributed by atoms with Gasteiger partial charge in [0.05, 0.1) is 20.3 Å². The summed E-state index contributed by atoms with van der Waals surface area (Å²) in [5, 5.41) is 9.04. The fourth-order valence-electron chi connectivity index (χ4n) is 1.79. The first-order valence-electron chi connectivity index (χ1n) is 5.32. The van der Waals surface area contributed by atoms with E-state index in [-0.39, 0.29) is 0 Å². The predicted octanol–water partition coefficient (Wildman–Crippen LogP) is 1.24. The minimum atomic E-state index is -1.01. The van der Waals surface area contributed by atoms with Crippen LogP contribution in [0.25, 0.3) is 0 Å². The molecule has 92 valence electrons. The van der Waals surface area contributed by atoms with Gasteiger partial charge in [-0.3, -0.25) is 0 Å². The number of rotatable bonds is 3. The zero-order valence-corrected chi connectivity index (χ0v) is 9.46. The summed E-state index contributed by atoms with van der Waals surface area (Å²) in [6.45, 7) is 0.712. The van der Waals surface area contributed by atoms with E-state index >= 15 is 0 Å². The van der Waals surface area contributed by atoms with Crippen molar-refractivity contribution in [1.82, 2.24) is 0 Å². The highest BCUT2D eigenvalue weighted by molar-refractivity contribution is 5.73. The Morgan fingerprint density at radius 3 is 2.53 bits per heavy atom. The first-order valence-corrected chi connectivity index (χ1v) is 5.32. The number of ether oxygens (including phenoxy) is 3. The van der Waals surface area contributed by atoms with Crippen molar-refractivity contribution in [2.45, 2.75) is 12.2 Å². The molecule has 1 N–H and O–H groups in total. The van der Waals surface area contributed by atoms with Gasteiger partial charge in [-0.15, -0.1) is 0 Å². The quantitative estimate of drug-likeness (QED) is 0.858. The summed E-state index contributed by atoms with van der Waals surface area (Å²) in [6.07, 6.45) is -1.51. The van der Waals surface area contributed by atoms with E-state index < -0.39 is 18.2 Å². The van der Waals surface area contributed by atoms with Crippen molar-refractivity contribution in [3.63, 3.8) is 0 Å². The summed E-state index contributed by atoms with van der Waals surface area (Å²) >= 11 is 0. The second-order valence-electron chi connectivity index (χ2n) is 3.69. The highest BCUT2D eigenvalue weighted by Gasteiger charge is 2.34. The maximum atomic E-state index is 11.0. The topological polar surface area (TPSA) is 65.0 Å². The molecular weight excluding hydrogens is 224 g/mol. The van der Waals surface area contributed by atoms with Crippen LogP contribution in [0.4, 0.5) is 0 Å². The molecular formula is C12H14O5. The molecule has 0 aliphatic carbocycles. The Bertz CT molecular complexity index is 386.